The highest BCUT2D eigenvalue weighted by Crippen LogP contribution is 2.35. The fourth-order valence-electron chi connectivity index (χ4n) is 2.85. The van der Waals surface area contributed by atoms with Crippen molar-refractivity contribution in [1.29, 1.82) is 0 Å². The number of carboxylic acids is 1. The molecule has 1 aliphatic rings. The van der Waals surface area contributed by atoms with Crippen LogP contribution in [0.3, 0.4) is 0 Å². The van der Waals surface area contributed by atoms with Crippen LogP contribution < -0.4 is 14.8 Å². The van der Waals surface area contributed by atoms with Gasteiger partial charge in [-0.2, -0.15) is 0 Å². The number of imide groups is 1. The monoisotopic (exact) mass is 553 g/mol. The third-order valence-corrected chi connectivity index (χ3v) is 5.15. The number of benzene rings is 2. The molecule has 0 saturated carbocycles. The molecule has 3 amide bonds. The maximum absolute atomic E-state index is 12.3. The number of aliphatic carboxylic acids is 1. The van der Waals surface area contributed by atoms with Crippen LogP contribution in [0, 0.1) is 13.7 Å². The number of methoxy groups -OCH3 is 1. The van der Waals surface area contributed by atoms with Gasteiger partial charge < -0.3 is 19.9 Å². The first-order valence-electron chi connectivity index (χ1n) is 8.99. The van der Waals surface area contributed by atoms with Crippen molar-refractivity contribution in [3.63, 3.8) is 0 Å². The van der Waals surface area contributed by atoms with Crippen LogP contribution in [0.1, 0.15) is 11.1 Å². The minimum atomic E-state index is -1.31. The Morgan fingerprint density at radius 2 is 1.97 bits per heavy atom. The van der Waals surface area contributed by atoms with E-state index < -0.39 is 29.4 Å². The number of carbonyl (C=O) groups is 3. The van der Waals surface area contributed by atoms with E-state index in [0.29, 0.717) is 25.5 Å². The van der Waals surface area contributed by atoms with Gasteiger partial charge in [0.2, 0.25) is 0 Å². The van der Waals surface area contributed by atoms with E-state index in [-0.39, 0.29) is 18.0 Å². The molecule has 0 bridgehead atoms. The Labute approximate surface area is 194 Å². The largest absolute Gasteiger partial charge is 0.493 e. The molecule has 2 aromatic rings. The van der Waals surface area contributed by atoms with Crippen molar-refractivity contribution in [2.24, 2.45) is 0 Å². The first-order valence-corrected chi connectivity index (χ1v) is 10.1. The van der Waals surface area contributed by atoms with E-state index >= 15 is 0 Å². The lowest BCUT2D eigenvalue weighted by Gasteiger charge is -2.14. The van der Waals surface area contributed by atoms with Crippen molar-refractivity contribution < 1.29 is 33.9 Å². The van der Waals surface area contributed by atoms with Crippen LogP contribution in [-0.2, 0) is 16.2 Å². The lowest BCUT2D eigenvalue weighted by Crippen LogP contribution is -2.35. The van der Waals surface area contributed by atoms with Crippen LogP contribution in [0.25, 0.3) is 6.08 Å². The molecule has 2 aromatic carbocycles. The number of halogens is 1. The molecule has 0 spiro atoms. The number of hydrogen-bond acceptors (Lipinski definition) is 7. The van der Waals surface area contributed by atoms with Crippen LogP contribution in [0.15, 0.2) is 42.1 Å². The van der Waals surface area contributed by atoms with Crippen molar-refractivity contribution in [2.45, 2.75) is 6.61 Å². The van der Waals surface area contributed by atoms with E-state index in [1.54, 1.807) is 24.3 Å². The summed E-state index contributed by atoms with van der Waals surface area (Å²) < 4.78 is 11.9. The molecule has 1 saturated heterocycles. The Hall–Kier alpha value is -3.68. The summed E-state index contributed by atoms with van der Waals surface area (Å²) in [7, 11) is 1.44. The second-order valence-corrected chi connectivity index (χ2v) is 7.68. The van der Waals surface area contributed by atoms with Gasteiger partial charge in [-0.3, -0.25) is 19.7 Å². The third kappa shape index (κ3) is 5.14. The first-order chi connectivity index (χ1) is 15.2. The molecule has 1 heterocycles. The van der Waals surface area contributed by atoms with Crippen molar-refractivity contribution >= 4 is 52.3 Å². The number of hydrogen-bond donors (Lipinski definition) is 2. The maximum Gasteiger partial charge on any atom is 0.329 e. The van der Waals surface area contributed by atoms with Crippen LogP contribution >= 0.6 is 22.6 Å². The maximum atomic E-state index is 12.3. The average Bonchev–Trinajstić information content (AvgIpc) is 2.99. The number of carbonyl (C=O) groups excluding carboxylic acids is 2. The van der Waals surface area contributed by atoms with Gasteiger partial charge in [0.25, 0.3) is 11.6 Å². The first kappa shape index (κ1) is 23.0. The van der Waals surface area contributed by atoms with Gasteiger partial charge in [0.1, 0.15) is 18.8 Å². The lowest BCUT2D eigenvalue weighted by molar-refractivity contribution is -0.384. The van der Waals surface area contributed by atoms with Gasteiger partial charge in [0, 0.05) is 12.1 Å². The van der Waals surface area contributed by atoms with Gasteiger partial charge in [-0.25, -0.2) is 9.69 Å². The molecule has 0 radical (unpaired) electrons. The number of ether oxygens (including phenoxy) is 2. The van der Waals surface area contributed by atoms with E-state index in [4.69, 9.17) is 14.6 Å². The second kappa shape index (κ2) is 9.64. The van der Waals surface area contributed by atoms with Gasteiger partial charge in [-0.1, -0.05) is 0 Å². The van der Waals surface area contributed by atoms with Crippen molar-refractivity contribution in [3.8, 4) is 11.5 Å². The minimum Gasteiger partial charge on any atom is -0.493 e. The fourth-order valence-corrected chi connectivity index (χ4v) is 3.63. The number of nitrogens with zero attached hydrogens (tertiary/aromatic N) is 2. The quantitative estimate of drug-likeness (QED) is 0.167. The van der Waals surface area contributed by atoms with Crippen LogP contribution in [0.2, 0.25) is 0 Å². The predicted molar refractivity (Wildman–Crippen MR) is 119 cm³/mol. The second-order valence-electron chi connectivity index (χ2n) is 6.52. The van der Waals surface area contributed by atoms with Gasteiger partial charge in [0.15, 0.2) is 11.5 Å². The van der Waals surface area contributed by atoms with E-state index in [0.717, 1.165) is 5.56 Å². The molecule has 0 aliphatic carbocycles. The number of rotatable bonds is 8. The average molecular weight is 553 g/mol. The molecule has 0 atom stereocenters. The molecule has 32 heavy (non-hydrogen) atoms. The van der Waals surface area contributed by atoms with Gasteiger partial charge in [-0.15, -0.1) is 0 Å². The number of nitro benzene ring substituents is 1. The van der Waals surface area contributed by atoms with Crippen LogP contribution in [-0.4, -0.2) is 46.5 Å². The van der Waals surface area contributed by atoms with E-state index in [1.807, 2.05) is 22.6 Å². The van der Waals surface area contributed by atoms with Crippen LogP contribution in [0.5, 0.6) is 11.5 Å². The molecular formula is C20H16IN3O8. The number of non-ortho nitro benzene ring substituents is 1. The Bertz CT molecular complexity index is 1130. The van der Waals surface area contributed by atoms with E-state index in [2.05, 4.69) is 5.32 Å². The highest BCUT2D eigenvalue weighted by atomic mass is 127. The Morgan fingerprint density at radius 1 is 1.28 bits per heavy atom. The summed E-state index contributed by atoms with van der Waals surface area (Å²) in [6.45, 7) is -0.595. The molecule has 3 rings (SSSR count). The molecule has 11 nitrogen and oxygen atoms in total. The molecule has 0 unspecified atom stereocenters. The van der Waals surface area contributed by atoms with E-state index in [1.165, 1.54) is 25.3 Å². The molecule has 1 fully saturated rings. The number of nitrogens with one attached hydrogen (secondary N) is 1. The summed E-state index contributed by atoms with van der Waals surface area (Å²) in [4.78, 5) is 45.9. The molecule has 2 N–H and O–H groups in total. The molecule has 166 valence electrons. The summed E-state index contributed by atoms with van der Waals surface area (Å²) in [6, 6.07) is 8.43. The summed E-state index contributed by atoms with van der Waals surface area (Å²) in [5.74, 6) is -1.25. The zero-order chi connectivity index (χ0) is 23.4. The van der Waals surface area contributed by atoms with Gasteiger partial charge in [-0.05, 0) is 64.1 Å². The predicted octanol–water partition coefficient (Wildman–Crippen LogP) is 2.76. The van der Waals surface area contributed by atoms with Crippen molar-refractivity contribution in [3.05, 3.63) is 66.9 Å². The summed E-state index contributed by atoms with van der Waals surface area (Å²) in [5, 5.41) is 21.9. The zero-order valence-corrected chi connectivity index (χ0v) is 18.7. The molecule has 0 aromatic heterocycles. The SMILES string of the molecule is COc1cc(/C=C2/NC(=O)N(CC(=O)O)C2=O)cc(I)c1OCc1ccc([N+](=O)[O-])cc1. The Kier molecular flexibility index (Phi) is 6.92. The number of amides is 3. The Balaban J connectivity index is 1.80. The number of carboxylic acid groups (broad SMARTS) is 1. The third-order valence-electron chi connectivity index (χ3n) is 4.35. The number of urea groups is 1. The minimum absolute atomic E-state index is 0.0197. The number of nitro groups is 1. The standard InChI is InChI=1S/C20H16IN3O8/c1-31-16-8-12(7-15-19(27)23(9-17(25)26)20(28)22-15)6-14(21)18(16)32-10-11-2-4-13(5-3-11)24(29)30/h2-8H,9-10H2,1H3,(H,22,28)(H,25,26)/b15-7+. The molecular weight excluding hydrogens is 537 g/mol. The topological polar surface area (TPSA) is 148 Å². The summed E-state index contributed by atoms with van der Waals surface area (Å²) in [5.41, 5.74) is 1.16. The Morgan fingerprint density at radius 3 is 2.56 bits per heavy atom. The molecule has 12 heteroatoms. The normalized spacial score (nSPS) is 14.4. The fraction of sp³-hybridized carbons (Fsp3) is 0.150. The van der Waals surface area contributed by atoms with Crippen LogP contribution in [0.4, 0.5) is 10.5 Å². The van der Waals surface area contributed by atoms with Crippen molar-refractivity contribution in [2.75, 3.05) is 13.7 Å². The summed E-state index contributed by atoms with van der Waals surface area (Å²) >= 11 is 2.02. The molecule has 1 aliphatic heterocycles. The van der Waals surface area contributed by atoms with Crippen molar-refractivity contribution in [1.82, 2.24) is 10.2 Å². The highest BCUT2D eigenvalue weighted by molar-refractivity contribution is 14.1. The van der Waals surface area contributed by atoms with Gasteiger partial charge >= 0.3 is 12.0 Å². The van der Waals surface area contributed by atoms with Gasteiger partial charge in [0.05, 0.1) is 15.6 Å². The lowest BCUT2D eigenvalue weighted by atomic mass is 10.1. The van der Waals surface area contributed by atoms with E-state index in [9.17, 15) is 24.5 Å². The summed E-state index contributed by atoms with van der Waals surface area (Å²) in [6.07, 6.45) is 1.41. The zero-order valence-electron chi connectivity index (χ0n) is 16.5. The smallest absolute Gasteiger partial charge is 0.329 e. The highest BCUT2D eigenvalue weighted by Gasteiger charge is 2.34.